The van der Waals surface area contributed by atoms with Crippen LogP contribution in [-0.4, -0.2) is 15.7 Å². The largest absolute Gasteiger partial charge is 0.348 e. The summed E-state index contributed by atoms with van der Waals surface area (Å²) in [5, 5.41) is 6.83. The van der Waals surface area contributed by atoms with Crippen molar-refractivity contribution in [3.63, 3.8) is 0 Å². The van der Waals surface area contributed by atoms with Gasteiger partial charge >= 0.3 is 0 Å². The molecule has 4 aromatic rings. The van der Waals surface area contributed by atoms with Crippen LogP contribution in [0.5, 0.6) is 0 Å². The average Bonchev–Trinajstić information content (AvgIpc) is 3.26. The molecule has 0 aliphatic carbocycles. The molecule has 0 bridgehead atoms. The maximum atomic E-state index is 13.8. The van der Waals surface area contributed by atoms with Gasteiger partial charge in [-0.1, -0.05) is 54.6 Å². The van der Waals surface area contributed by atoms with E-state index in [-0.39, 0.29) is 6.54 Å². The zero-order valence-electron chi connectivity index (χ0n) is 16.1. The Balaban J connectivity index is 1.51. The Morgan fingerprint density at radius 1 is 0.900 bits per heavy atom. The molecule has 1 N–H and O–H groups in total. The molecule has 4 nitrogen and oxygen atoms in total. The summed E-state index contributed by atoms with van der Waals surface area (Å²) in [6.07, 6.45) is 3.65. The number of rotatable bonds is 6. The highest BCUT2D eigenvalue weighted by atomic mass is 19.1. The lowest BCUT2D eigenvalue weighted by atomic mass is 9.98. The standard InChI is InChI=1S/C24H19F2N3O/c25-21-7-3-8-22(26)23(21)24(30)27-15-19-5-1-2-6-20(19)18-11-9-17(10-12-18)16-29-14-4-13-28-29/h1-14H,15-16H2,(H,27,30). The van der Waals surface area contributed by atoms with Crippen LogP contribution in [0.1, 0.15) is 21.5 Å². The maximum absolute atomic E-state index is 13.8. The van der Waals surface area contributed by atoms with Gasteiger partial charge in [-0.2, -0.15) is 5.10 Å². The van der Waals surface area contributed by atoms with E-state index in [2.05, 4.69) is 10.4 Å². The van der Waals surface area contributed by atoms with Crippen LogP contribution in [0.4, 0.5) is 8.78 Å². The number of hydrogen-bond acceptors (Lipinski definition) is 2. The molecule has 0 aliphatic heterocycles. The zero-order valence-corrected chi connectivity index (χ0v) is 16.1. The quantitative estimate of drug-likeness (QED) is 0.502. The highest BCUT2D eigenvalue weighted by Gasteiger charge is 2.17. The monoisotopic (exact) mass is 403 g/mol. The van der Waals surface area contributed by atoms with Crippen LogP contribution >= 0.6 is 0 Å². The summed E-state index contributed by atoms with van der Waals surface area (Å²) in [7, 11) is 0. The molecule has 0 spiro atoms. The van der Waals surface area contributed by atoms with E-state index in [1.165, 1.54) is 6.07 Å². The summed E-state index contributed by atoms with van der Waals surface area (Å²) in [4.78, 5) is 12.3. The number of nitrogens with one attached hydrogen (secondary N) is 1. The summed E-state index contributed by atoms with van der Waals surface area (Å²) in [6, 6.07) is 20.9. The van der Waals surface area contributed by atoms with Crippen LogP contribution in [-0.2, 0) is 13.1 Å². The van der Waals surface area contributed by atoms with Crippen LogP contribution in [0.2, 0.25) is 0 Å². The van der Waals surface area contributed by atoms with Crippen LogP contribution in [0.25, 0.3) is 11.1 Å². The number of benzene rings is 3. The third-order valence-corrected chi connectivity index (χ3v) is 4.82. The highest BCUT2D eigenvalue weighted by Crippen LogP contribution is 2.24. The Labute approximate surface area is 172 Å². The fraction of sp³-hybridized carbons (Fsp3) is 0.0833. The van der Waals surface area contributed by atoms with Gasteiger partial charge < -0.3 is 5.32 Å². The summed E-state index contributed by atoms with van der Waals surface area (Å²) < 4.78 is 29.5. The third kappa shape index (κ3) is 4.27. The molecule has 0 aliphatic rings. The van der Waals surface area contributed by atoms with Gasteiger partial charge in [0.25, 0.3) is 5.91 Å². The molecule has 1 heterocycles. The van der Waals surface area contributed by atoms with E-state index in [1.54, 1.807) is 6.20 Å². The smallest absolute Gasteiger partial charge is 0.257 e. The molecule has 3 aromatic carbocycles. The van der Waals surface area contributed by atoms with Crippen molar-refractivity contribution in [2.24, 2.45) is 0 Å². The first-order chi connectivity index (χ1) is 14.6. The second kappa shape index (κ2) is 8.69. The van der Waals surface area contributed by atoms with Gasteiger partial charge in [0, 0.05) is 18.9 Å². The van der Waals surface area contributed by atoms with Crippen molar-refractivity contribution >= 4 is 5.91 Å². The van der Waals surface area contributed by atoms with Gasteiger partial charge in [-0.05, 0) is 40.5 Å². The van der Waals surface area contributed by atoms with Crippen LogP contribution in [0, 0.1) is 11.6 Å². The van der Waals surface area contributed by atoms with Gasteiger partial charge in [0.15, 0.2) is 0 Å². The molecule has 0 saturated heterocycles. The van der Waals surface area contributed by atoms with E-state index in [0.29, 0.717) is 6.54 Å². The van der Waals surface area contributed by atoms with E-state index in [0.717, 1.165) is 34.4 Å². The maximum Gasteiger partial charge on any atom is 0.257 e. The van der Waals surface area contributed by atoms with E-state index in [4.69, 9.17) is 0 Å². The van der Waals surface area contributed by atoms with Gasteiger partial charge in [-0.15, -0.1) is 0 Å². The normalized spacial score (nSPS) is 10.7. The van der Waals surface area contributed by atoms with Crippen molar-refractivity contribution < 1.29 is 13.6 Å². The molecule has 150 valence electrons. The Morgan fingerprint density at radius 3 is 2.33 bits per heavy atom. The molecule has 0 saturated carbocycles. The molecule has 30 heavy (non-hydrogen) atoms. The molecule has 0 atom stereocenters. The fourth-order valence-corrected chi connectivity index (χ4v) is 3.31. The second-order valence-corrected chi connectivity index (χ2v) is 6.84. The Kier molecular flexibility index (Phi) is 5.66. The highest BCUT2D eigenvalue weighted by molar-refractivity contribution is 5.94. The van der Waals surface area contributed by atoms with Crippen molar-refractivity contribution in [3.05, 3.63) is 114 Å². The average molecular weight is 403 g/mol. The summed E-state index contributed by atoms with van der Waals surface area (Å²) in [5.41, 5.74) is 3.32. The van der Waals surface area contributed by atoms with Gasteiger partial charge in [0.1, 0.15) is 17.2 Å². The van der Waals surface area contributed by atoms with Crippen molar-refractivity contribution in [1.29, 1.82) is 0 Å². The third-order valence-electron chi connectivity index (χ3n) is 4.82. The van der Waals surface area contributed by atoms with Gasteiger partial charge in [0.2, 0.25) is 0 Å². The van der Waals surface area contributed by atoms with Crippen LogP contribution in [0.3, 0.4) is 0 Å². The Morgan fingerprint density at radius 2 is 1.63 bits per heavy atom. The molecule has 4 rings (SSSR count). The van der Waals surface area contributed by atoms with Crippen LogP contribution < -0.4 is 5.32 Å². The lowest BCUT2D eigenvalue weighted by Crippen LogP contribution is -2.25. The number of carbonyl (C=O) groups excluding carboxylic acids is 1. The number of carbonyl (C=O) groups is 1. The molecule has 1 aromatic heterocycles. The van der Waals surface area contributed by atoms with Gasteiger partial charge in [-0.3, -0.25) is 9.48 Å². The first-order valence-electron chi connectivity index (χ1n) is 9.48. The summed E-state index contributed by atoms with van der Waals surface area (Å²) in [5.74, 6) is -2.54. The number of hydrogen-bond donors (Lipinski definition) is 1. The molecule has 0 fully saturated rings. The molecule has 0 radical (unpaired) electrons. The van der Waals surface area contributed by atoms with E-state index in [1.807, 2.05) is 65.5 Å². The van der Waals surface area contributed by atoms with E-state index < -0.39 is 23.1 Å². The molecular weight excluding hydrogens is 384 g/mol. The van der Waals surface area contributed by atoms with Crippen LogP contribution in [0.15, 0.2) is 85.2 Å². The van der Waals surface area contributed by atoms with Crippen molar-refractivity contribution in [2.75, 3.05) is 0 Å². The second-order valence-electron chi connectivity index (χ2n) is 6.84. The minimum absolute atomic E-state index is 0.151. The number of halogens is 2. The summed E-state index contributed by atoms with van der Waals surface area (Å²) >= 11 is 0. The summed E-state index contributed by atoms with van der Waals surface area (Å²) in [6.45, 7) is 0.830. The van der Waals surface area contributed by atoms with Gasteiger partial charge in [-0.25, -0.2) is 8.78 Å². The zero-order chi connectivity index (χ0) is 20.9. The van der Waals surface area contributed by atoms with Crippen molar-refractivity contribution in [3.8, 4) is 11.1 Å². The van der Waals surface area contributed by atoms with Crippen molar-refractivity contribution in [1.82, 2.24) is 15.1 Å². The lowest BCUT2D eigenvalue weighted by Gasteiger charge is -2.12. The van der Waals surface area contributed by atoms with E-state index in [9.17, 15) is 13.6 Å². The fourth-order valence-electron chi connectivity index (χ4n) is 3.31. The molecule has 6 heteroatoms. The SMILES string of the molecule is O=C(NCc1ccccc1-c1ccc(Cn2cccn2)cc1)c1c(F)cccc1F. The molecular formula is C24H19F2N3O. The number of amides is 1. The first-order valence-corrected chi connectivity index (χ1v) is 9.48. The minimum Gasteiger partial charge on any atom is -0.348 e. The lowest BCUT2D eigenvalue weighted by molar-refractivity contribution is 0.0942. The van der Waals surface area contributed by atoms with Crippen molar-refractivity contribution in [2.45, 2.75) is 13.1 Å². The predicted octanol–water partition coefficient (Wildman–Crippen LogP) is 4.81. The van der Waals surface area contributed by atoms with Gasteiger partial charge in [0.05, 0.1) is 6.54 Å². The Hall–Kier alpha value is -3.80. The first kappa shape index (κ1) is 19.5. The molecule has 1 amide bonds. The number of aromatic nitrogens is 2. The molecule has 0 unspecified atom stereocenters. The Bertz CT molecular complexity index is 1140. The minimum atomic E-state index is -0.881. The predicted molar refractivity (Wildman–Crippen MR) is 111 cm³/mol. The number of nitrogens with zero attached hydrogens (tertiary/aromatic N) is 2. The van der Waals surface area contributed by atoms with E-state index >= 15 is 0 Å². The topological polar surface area (TPSA) is 46.9 Å².